The van der Waals surface area contributed by atoms with Crippen molar-refractivity contribution in [1.82, 2.24) is 4.90 Å². The lowest BCUT2D eigenvalue weighted by Gasteiger charge is -2.17. The van der Waals surface area contributed by atoms with Gasteiger partial charge in [0, 0.05) is 28.5 Å². The van der Waals surface area contributed by atoms with Gasteiger partial charge < -0.3 is 4.74 Å². The Bertz CT molecular complexity index is 384. The normalized spacial score (nSPS) is 20.8. The molecular formula is C13H17Br2NO. The quantitative estimate of drug-likeness (QED) is 0.757. The number of benzene rings is 1. The van der Waals surface area contributed by atoms with Crippen molar-refractivity contribution >= 4 is 31.9 Å². The summed E-state index contributed by atoms with van der Waals surface area (Å²) < 4.78 is 6.52. The first-order valence-corrected chi connectivity index (χ1v) is 7.75. The molecule has 2 rings (SSSR count). The molecule has 94 valence electrons. The summed E-state index contributed by atoms with van der Waals surface area (Å²) in [5, 5.41) is 1.11. The van der Waals surface area contributed by atoms with E-state index in [9.17, 15) is 0 Å². The molecule has 0 aromatic heterocycles. The van der Waals surface area contributed by atoms with E-state index in [-0.39, 0.29) is 0 Å². The van der Waals surface area contributed by atoms with Crippen molar-refractivity contribution < 1.29 is 4.74 Å². The second-order valence-corrected chi connectivity index (χ2v) is 6.06. The molecule has 17 heavy (non-hydrogen) atoms. The number of nitrogens with zero attached hydrogens (tertiary/aromatic N) is 1. The number of hydrogen-bond acceptors (Lipinski definition) is 2. The minimum Gasteiger partial charge on any atom is -0.496 e. The molecular weight excluding hydrogens is 346 g/mol. The first-order chi connectivity index (χ1) is 8.22. The van der Waals surface area contributed by atoms with Gasteiger partial charge in [0.15, 0.2) is 0 Å². The standard InChI is InChI=1S/C13H17Br2NO/c1-17-13-3-2-12(15)6-11(13)9-16-5-4-10(7-14)8-16/h2-3,6,10H,4-5,7-9H2,1H3. The van der Waals surface area contributed by atoms with Gasteiger partial charge in [-0.25, -0.2) is 0 Å². The second kappa shape index (κ2) is 6.21. The van der Waals surface area contributed by atoms with Gasteiger partial charge in [0.1, 0.15) is 5.75 Å². The average Bonchev–Trinajstić information content (AvgIpc) is 2.77. The number of ether oxygens (including phenoxy) is 1. The van der Waals surface area contributed by atoms with Gasteiger partial charge in [-0.3, -0.25) is 4.90 Å². The number of likely N-dealkylation sites (tertiary alicyclic amines) is 1. The minimum absolute atomic E-state index is 0.799. The Balaban J connectivity index is 2.05. The summed E-state index contributed by atoms with van der Waals surface area (Å²) in [6.45, 7) is 3.35. The molecule has 1 fully saturated rings. The van der Waals surface area contributed by atoms with Crippen LogP contribution in [0.5, 0.6) is 5.75 Å². The molecule has 0 bridgehead atoms. The van der Waals surface area contributed by atoms with Gasteiger partial charge in [-0.05, 0) is 37.1 Å². The van der Waals surface area contributed by atoms with Crippen LogP contribution in [0.25, 0.3) is 0 Å². The highest BCUT2D eigenvalue weighted by Gasteiger charge is 2.22. The molecule has 0 aliphatic carbocycles. The highest BCUT2D eigenvalue weighted by molar-refractivity contribution is 9.10. The number of rotatable bonds is 4. The van der Waals surface area contributed by atoms with Crippen molar-refractivity contribution in [2.45, 2.75) is 13.0 Å². The molecule has 1 aromatic rings. The second-order valence-electron chi connectivity index (χ2n) is 4.50. The van der Waals surface area contributed by atoms with E-state index in [1.807, 2.05) is 12.1 Å². The van der Waals surface area contributed by atoms with Crippen molar-refractivity contribution in [3.8, 4) is 5.75 Å². The third kappa shape index (κ3) is 3.46. The van der Waals surface area contributed by atoms with Gasteiger partial charge >= 0.3 is 0 Å². The van der Waals surface area contributed by atoms with Crippen LogP contribution in [0.2, 0.25) is 0 Å². The fourth-order valence-electron chi connectivity index (χ4n) is 2.29. The van der Waals surface area contributed by atoms with E-state index >= 15 is 0 Å². The topological polar surface area (TPSA) is 12.5 Å². The fraction of sp³-hybridized carbons (Fsp3) is 0.538. The number of halogens is 2. The third-order valence-corrected chi connectivity index (χ3v) is 4.63. The highest BCUT2D eigenvalue weighted by atomic mass is 79.9. The number of alkyl halides is 1. The van der Waals surface area contributed by atoms with Crippen LogP contribution in [-0.2, 0) is 6.54 Å². The molecule has 4 heteroatoms. The van der Waals surface area contributed by atoms with Gasteiger partial charge in [0.25, 0.3) is 0 Å². The molecule has 1 atom stereocenters. The van der Waals surface area contributed by atoms with E-state index in [1.54, 1.807) is 7.11 Å². The van der Waals surface area contributed by atoms with Crippen LogP contribution >= 0.6 is 31.9 Å². The maximum Gasteiger partial charge on any atom is 0.123 e. The molecule has 0 amide bonds. The zero-order valence-corrected chi connectivity index (χ0v) is 13.1. The molecule has 0 radical (unpaired) electrons. The van der Waals surface area contributed by atoms with Gasteiger partial charge in [0.05, 0.1) is 7.11 Å². The Morgan fingerprint density at radius 3 is 2.94 bits per heavy atom. The Morgan fingerprint density at radius 2 is 2.29 bits per heavy atom. The Hall–Kier alpha value is -0.0600. The molecule has 0 saturated carbocycles. The fourth-order valence-corrected chi connectivity index (χ4v) is 3.23. The maximum absolute atomic E-state index is 5.41. The average molecular weight is 363 g/mol. The Labute approximate surface area is 120 Å². The molecule has 0 N–H and O–H groups in total. The highest BCUT2D eigenvalue weighted by Crippen LogP contribution is 2.27. The summed E-state index contributed by atoms with van der Waals surface area (Å²) in [6, 6.07) is 6.20. The number of hydrogen-bond donors (Lipinski definition) is 0. The van der Waals surface area contributed by atoms with Crippen LogP contribution in [0, 0.1) is 5.92 Å². The molecule has 1 aliphatic rings. The van der Waals surface area contributed by atoms with Crippen LogP contribution in [0.4, 0.5) is 0 Å². The molecule has 1 unspecified atom stereocenters. The SMILES string of the molecule is COc1ccc(Br)cc1CN1CCC(CBr)C1. The van der Waals surface area contributed by atoms with Gasteiger partial charge in [-0.2, -0.15) is 0 Å². The Kier molecular flexibility index (Phi) is 4.88. The molecule has 0 spiro atoms. The van der Waals surface area contributed by atoms with E-state index in [0.717, 1.165) is 28.0 Å². The van der Waals surface area contributed by atoms with Crippen molar-refractivity contribution in [3.05, 3.63) is 28.2 Å². The lowest BCUT2D eigenvalue weighted by atomic mass is 10.1. The van der Waals surface area contributed by atoms with Gasteiger partial charge in [0.2, 0.25) is 0 Å². The van der Waals surface area contributed by atoms with Gasteiger partial charge in [-0.1, -0.05) is 31.9 Å². The van der Waals surface area contributed by atoms with Crippen LogP contribution in [0.1, 0.15) is 12.0 Å². The molecule has 1 saturated heterocycles. The van der Waals surface area contributed by atoms with E-state index in [4.69, 9.17) is 4.74 Å². The maximum atomic E-state index is 5.41. The van der Waals surface area contributed by atoms with Crippen molar-refractivity contribution in [2.24, 2.45) is 5.92 Å². The summed E-state index contributed by atoms with van der Waals surface area (Å²) >= 11 is 7.09. The van der Waals surface area contributed by atoms with E-state index in [2.05, 4.69) is 42.8 Å². The van der Waals surface area contributed by atoms with Crippen molar-refractivity contribution in [3.63, 3.8) is 0 Å². The minimum atomic E-state index is 0.799. The summed E-state index contributed by atoms with van der Waals surface area (Å²) in [4.78, 5) is 2.50. The summed E-state index contributed by atoms with van der Waals surface area (Å²) in [5.41, 5.74) is 1.26. The molecule has 1 aromatic carbocycles. The van der Waals surface area contributed by atoms with Gasteiger partial charge in [-0.15, -0.1) is 0 Å². The summed E-state index contributed by atoms with van der Waals surface area (Å²) in [7, 11) is 1.73. The summed E-state index contributed by atoms with van der Waals surface area (Å²) in [6.07, 6.45) is 1.29. The van der Waals surface area contributed by atoms with E-state index in [1.165, 1.54) is 25.1 Å². The van der Waals surface area contributed by atoms with Crippen LogP contribution < -0.4 is 4.74 Å². The van der Waals surface area contributed by atoms with E-state index in [0.29, 0.717) is 0 Å². The van der Waals surface area contributed by atoms with Crippen LogP contribution in [0.15, 0.2) is 22.7 Å². The lowest BCUT2D eigenvalue weighted by Crippen LogP contribution is -2.20. The first-order valence-electron chi connectivity index (χ1n) is 5.83. The summed E-state index contributed by atoms with van der Waals surface area (Å²) in [5.74, 6) is 1.78. The lowest BCUT2D eigenvalue weighted by molar-refractivity contribution is 0.312. The predicted molar refractivity (Wildman–Crippen MR) is 77.9 cm³/mol. The smallest absolute Gasteiger partial charge is 0.123 e. The van der Waals surface area contributed by atoms with E-state index < -0.39 is 0 Å². The Morgan fingerprint density at radius 1 is 1.47 bits per heavy atom. The third-order valence-electron chi connectivity index (χ3n) is 3.22. The molecule has 1 aliphatic heterocycles. The van der Waals surface area contributed by atoms with Crippen LogP contribution in [-0.4, -0.2) is 30.4 Å². The largest absolute Gasteiger partial charge is 0.496 e. The zero-order chi connectivity index (χ0) is 12.3. The zero-order valence-electron chi connectivity index (χ0n) is 9.96. The monoisotopic (exact) mass is 361 g/mol. The first kappa shape index (κ1) is 13.4. The molecule has 2 nitrogen and oxygen atoms in total. The number of methoxy groups -OCH3 is 1. The van der Waals surface area contributed by atoms with Crippen molar-refractivity contribution in [1.29, 1.82) is 0 Å². The predicted octanol–water partition coefficient (Wildman–Crippen LogP) is 3.67. The van der Waals surface area contributed by atoms with Crippen LogP contribution in [0.3, 0.4) is 0 Å². The van der Waals surface area contributed by atoms with Crippen molar-refractivity contribution in [2.75, 3.05) is 25.5 Å². The molecule has 1 heterocycles.